The fraction of sp³-hybridized carbons (Fsp3) is 0. The van der Waals surface area contributed by atoms with Gasteiger partial charge in [0, 0.05) is 38.6 Å². The van der Waals surface area contributed by atoms with Crippen LogP contribution < -0.4 is 186 Å². The van der Waals surface area contributed by atoms with Crippen molar-refractivity contribution >= 4 is 474 Å². The monoisotopic (exact) mass is 1120 g/mol. The first-order chi connectivity index (χ1) is 44.4. The van der Waals surface area contributed by atoms with Gasteiger partial charge in [-0.15, -0.1) is 81.9 Å². The topological polar surface area (TPSA) is 51.8 Å². The summed E-state index contributed by atoms with van der Waals surface area (Å²) in [6, 6.07) is 1.39. The van der Waals surface area contributed by atoms with Crippen molar-refractivity contribution < 1.29 is 4.42 Å². The summed E-state index contributed by atoms with van der Waals surface area (Å²) < 4.78 is 7.02. The molecule has 0 spiro atoms. The van der Waals surface area contributed by atoms with Gasteiger partial charge in [-0.1, -0.05) is 104 Å². The van der Waals surface area contributed by atoms with Crippen LogP contribution in [-0.2, 0) is 0 Å². The summed E-state index contributed by atoms with van der Waals surface area (Å²) in [5.74, 6) is -0.904. The van der Waals surface area contributed by atoms with Crippen LogP contribution in [-0.4, -0.2) is 282 Å². The van der Waals surface area contributed by atoms with Gasteiger partial charge in [-0.25, -0.2) is 15.0 Å². The third-order valence-electron chi connectivity index (χ3n) is 17.9. The lowest BCUT2D eigenvalue weighted by Crippen LogP contribution is -2.55. The second-order valence-electron chi connectivity index (χ2n) is 22.7. The van der Waals surface area contributed by atoms with E-state index < -0.39 is 0 Å². The maximum atomic E-state index is 7.65. The Bertz CT molecular complexity index is 5330. The molecule has 0 bridgehead atoms. The number of rotatable bonds is 5. The third-order valence-corrected chi connectivity index (χ3v) is 17.9. The van der Waals surface area contributed by atoms with E-state index in [9.17, 15) is 0 Å². The van der Waals surface area contributed by atoms with Gasteiger partial charge in [0.05, 0.1) is 0 Å². The Morgan fingerprint density at radius 3 is 0.684 bits per heavy atom. The van der Waals surface area contributed by atoms with Crippen LogP contribution in [0.15, 0.2) is 10.5 Å². The van der Waals surface area contributed by atoms with E-state index in [-0.39, 0.29) is 309 Å². The molecule has 4 nitrogen and oxygen atoms in total. The summed E-state index contributed by atoms with van der Waals surface area (Å²) in [4.78, 5) is 14.2. The Labute approximate surface area is 596 Å². The number of hydrogen-bond acceptors (Lipinski definition) is 4. The lowest BCUT2D eigenvalue weighted by Gasteiger charge is -2.38. The van der Waals surface area contributed by atoms with Crippen LogP contribution in [0.1, 0.15) is 0 Å². The van der Waals surface area contributed by atoms with Gasteiger partial charge in [-0.3, -0.25) is 0 Å². The molecule has 38 heteroatoms. The fourth-order valence-corrected chi connectivity index (χ4v) is 12.6. The molecule has 1 aliphatic rings. The second kappa shape index (κ2) is 23.9. The summed E-state index contributed by atoms with van der Waals surface area (Å²) in [5.41, 5.74) is -9.27. The largest absolute Gasteiger partial charge is 0.455 e. The Balaban J connectivity index is 1.22. The van der Waals surface area contributed by atoms with Crippen LogP contribution in [0.2, 0.25) is 0 Å². The Hall–Kier alpha value is -6.00. The van der Waals surface area contributed by atoms with E-state index in [1.165, 1.54) is 6.07 Å². The molecule has 0 aliphatic heterocycles. The molecule has 9 aromatic carbocycles. The van der Waals surface area contributed by atoms with Gasteiger partial charge in [0.25, 0.3) is 0 Å². The summed E-state index contributed by atoms with van der Waals surface area (Å²) in [6.45, 7) is 0. The second-order valence-corrected chi connectivity index (χ2v) is 22.7. The molecule has 0 amide bonds. The van der Waals surface area contributed by atoms with Gasteiger partial charge >= 0.3 is 0 Å². The Morgan fingerprint density at radius 1 is 0.158 bits per heavy atom. The minimum atomic E-state index is -0.330. The highest BCUT2D eigenvalue weighted by molar-refractivity contribution is 6.76. The summed E-state index contributed by atoms with van der Waals surface area (Å²) in [5, 5.41) is -0.0763. The molecule has 0 atom stereocenters. The summed E-state index contributed by atoms with van der Waals surface area (Å²) >= 11 is 0. The van der Waals surface area contributed by atoms with Crippen LogP contribution in [0.25, 0.3) is 123 Å². The smallest absolute Gasteiger partial charge is 0.163 e. The predicted octanol–water partition coefficient (Wildman–Crippen LogP) is -25.9. The van der Waals surface area contributed by atoms with Gasteiger partial charge in [-0.05, 0) is 61.7 Å². The average molecular weight is 1110 g/mol. The zero-order valence-electron chi connectivity index (χ0n) is 50.0. The average Bonchev–Trinajstić information content (AvgIpc) is 1.45. The number of fused-ring (bicyclic) bond motifs is 11. The van der Waals surface area contributed by atoms with Crippen molar-refractivity contribution in [2.24, 2.45) is 0 Å². The van der Waals surface area contributed by atoms with Crippen LogP contribution in [0, 0.1) is 0 Å². The molecule has 95 heavy (non-hydrogen) atoms. The van der Waals surface area contributed by atoms with Crippen molar-refractivity contribution in [2.45, 2.75) is 0 Å². The number of nitrogens with zero attached hydrogens (tertiary/aromatic N) is 3. The molecule has 11 aromatic rings. The maximum absolute atomic E-state index is 7.65. The molecule has 0 N–H and O–H groups in total. The number of aromatic nitrogens is 3. The maximum Gasteiger partial charge on any atom is 0.163 e. The molecular weight excluding hydrogens is 1110 g/mol. The quantitative estimate of drug-likeness (QED) is 0.161. The molecule has 0 saturated heterocycles. The highest BCUT2D eigenvalue weighted by Gasteiger charge is 2.36. The van der Waals surface area contributed by atoms with E-state index >= 15 is 0 Å². The molecule has 352 valence electrons. The van der Waals surface area contributed by atoms with E-state index in [1.54, 1.807) is 0 Å². The van der Waals surface area contributed by atoms with Gasteiger partial charge < -0.3 is 4.42 Å². The van der Waals surface area contributed by atoms with E-state index in [1.807, 2.05) is 0 Å². The lowest BCUT2D eigenvalue weighted by molar-refractivity contribution is 0.672. The summed E-state index contributed by atoms with van der Waals surface area (Å²) in [7, 11) is 231. The Kier molecular flexibility index (Phi) is 17.3. The molecule has 0 fully saturated rings. The van der Waals surface area contributed by atoms with Crippen LogP contribution in [0.3, 0.4) is 0 Å². The van der Waals surface area contributed by atoms with Crippen molar-refractivity contribution in [1.29, 1.82) is 0 Å². The normalized spacial score (nSPS) is 11.7. The number of benzene rings is 9. The zero-order valence-corrected chi connectivity index (χ0v) is 50.0. The number of hydrogen-bond donors (Lipinski definition) is 0. The van der Waals surface area contributed by atoms with Gasteiger partial charge in [0.15, 0.2) is 17.5 Å². The molecular formula is C57HB34N3O. The van der Waals surface area contributed by atoms with Crippen molar-refractivity contribution in [2.75, 3.05) is 0 Å². The number of furan rings is 1. The first kappa shape index (κ1) is 68.9. The molecule has 68 radical (unpaired) electrons. The van der Waals surface area contributed by atoms with Crippen molar-refractivity contribution in [1.82, 2.24) is 15.0 Å². The minimum absolute atomic E-state index is 0.0118. The van der Waals surface area contributed by atoms with Crippen LogP contribution in [0.4, 0.5) is 0 Å². The molecule has 0 saturated carbocycles. The van der Waals surface area contributed by atoms with Crippen molar-refractivity contribution in [3.05, 3.63) is 6.07 Å². The Morgan fingerprint density at radius 2 is 0.358 bits per heavy atom. The van der Waals surface area contributed by atoms with Gasteiger partial charge in [0.1, 0.15) is 278 Å². The van der Waals surface area contributed by atoms with Gasteiger partial charge in [0.2, 0.25) is 0 Å². The van der Waals surface area contributed by atoms with E-state index in [0.29, 0.717) is 0 Å². The molecule has 0 unspecified atom stereocenters. The highest BCUT2D eigenvalue weighted by atomic mass is 16.3. The van der Waals surface area contributed by atoms with Crippen molar-refractivity contribution in [3.63, 3.8) is 0 Å². The molecule has 12 rings (SSSR count). The molecule has 2 heterocycles. The highest BCUT2D eigenvalue weighted by Crippen LogP contribution is 2.44. The van der Waals surface area contributed by atoms with Crippen LogP contribution in [0.5, 0.6) is 0 Å². The first-order valence-corrected chi connectivity index (χ1v) is 27.6. The van der Waals surface area contributed by atoms with E-state index in [0.717, 1.165) is 0 Å². The predicted molar refractivity (Wildman–Crippen MR) is 433 cm³/mol. The SMILES string of the molecule is [B]c1c(-c2nc(-c3c([B])c([B])c([B])c([B])c3[B])nc(-c3c([B])c([B])c([B])c([B])c3[B])n2)cc(-c2c([B])c([B])c([B])c3c2oc2c(-c4c([B])c([B])c5c(c4[B])-c4c([B])c([B])c([B])c([B])c4-c4c([B])c([B])c([B])c([B])c4-c4c([B])c([B])c([B])c([B])c4-5)c([B])c([B])c([B])c23)c([B])c1[B]. The lowest BCUT2D eigenvalue weighted by atomic mass is 9.52. The standard InChI is InChI=1S/C57HB34N3O/c58-19-2(1-3(20(59)38(19)77)55-92-56(17-34(73)47(86)51(90)48(87)35(17)74)94-57(93-55)18-36(75)49(88)52(91)50(89)37(18)76)4-22(61)39(78)32(71)15-16-33(72)40(79)31(70)14(54(16)95-53(4)15)13-21(60)5-6(23(62)30(13)69)8-10(27(66)44(83)42(81)25(8)64)12-11(28(67)45(84)46(85)29(12)68)9-7(5)24(63)41(80)43(82)26(9)65/h1H. The molecule has 2 aromatic heterocycles. The zero-order chi connectivity index (χ0) is 69.9. The fourth-order valence-electron chi connectivity index (χ4n) is 12.6. The molecule has 1 aliphatic carbocycles. The van der Waals surface area contributed by atoms with E-state index in [4.69, 9.17) is 281 Å². The van der Waals surface area contributed by atoms with Crippen LogP contribution >= 0.6 is 0 Å². The first-order valence-electron chi connectivity index (χ1n) is 27.6. The third kappa shape index (κ3) is 9.48. The van der Waals surface area contributed by atoms with E-state index in [2.05, 4.69) is 4.98 Å². The summed E-state index contributed by atoms with van der Waals surface area (Å²) in [6.07, 6.45) is 0. The van der Waals surface area contributed by atoms with Crippen molar-refractivity contribution in [3.8, 4) is 101 Å². The van der Waals surface area contributed by atoms with Gasteiger partial charge in [-0.2, -0.15) is 0 Å². The minimum Gasteiger partial charge on any atom is -0.455 e.